The van der Waals surface area contributed by atoms with E-state index in [1.54, 1.807) is 7.11 Å². The highest BCUT2D eigenvalue weighted by atomic mass is 16.5. The molecule has 2 aliphatic heterocycles. The van der Waals surface area contributed by atoms with Crippen LogP contribution in [0, 0.1) is 0 Å². The summed E-state index contributed by atoms with van der Waals surface area (Å²) in [6.07, 6.45) is 4.17. The first-order valence-electron chi connectivity index (χ1n) is 10.4. The number of carbonyl (C=O) groups is 1. The average molecular weight is 396 g/mol. The fraction of sp³-hybridized carbons (Fsp3) is 0.500. The zero-order chi connectivity index (χ0) is 20.1. The second-order valence-corrected chi connectivity index (χ2v) is 7.80. The van der Waals surface area contributed by atoms with Gasteiger partial charge >= 0.3 is 0 Å². The van der Waals surface area contributed by atoms with Crippen molar-refractivity contribution in [3.63, 3.8) is 0 Å². The molecule has 2 aliphatic rings. The van der Waals surface area contributed by atoms with Crippen molar-refractivity contribution in [2.24, 2.45) is 0 Å². The Morgan fingerprint density at radius 1 is 1.10 bits per heavy atom. The first kappa shape index (κ1) is 19.8. The summed E-state index contributed by atoms with van der Waals surface area (Å²) in [5, 5.41) is 9.79. The Hall–Kier alpha value is -2.51. The van der Waals surface area contributed by atoms with Crippen molar-refractivity contribution >= 4 is 11.7 Å². The predicted octanol–water partition coefficient (Wildman–Crippen LogP) is 1.73. The second-order valence-electron chi connectivity index (χ2n) is 7.80. The topological polar surface area (TPSA) is 88.2 Å². The third-order valence-electron chi connectivity index (χ3n) is 5.93. The number of carbonyl (C=O) groups excluding carboxylic acids is 1. The summed E-state index contributed by atoms with van der Waals surface area (Å²) in [6.45, 7) is 3.19. The molecule has 3 heterocycles. The molecule has 0 spiro atoms. The number of methoxy groups -OCH3 is 1. The number of hydrogen-bond donors (Lipinski definition) is 3. The van der Waals surface area contributed by atoms with E-state index >= 15 is 0 Å². The lowest BCUT2D eigenvalue weighted by Gasteiger charge is -2.37. The van der Waals surface area contributed by atoms with E-state index < -0.39 is 0 Å². The first-order chi connectivity index (χ1) is 14.2. The van der Waals surface area contributed by atoms with Crippen LogP contribution in [0.5, 0.6) is 0 Å². The maximum Gasteiger partial charge on any atom is 0.270 e. The molecule has 7 heteroatoms. The molecule has 4 rings (SSSR count). The molecule has 7 nitrogen and oxygen atoms in total. The van der Waals surface area contributed by atoms with Crippen LogP contribution in [0.15, 0.2) is 30.3 Å². The van der Waals surface area contributed by atoms with Gasteiger partial charge in [-0.2, -0.15) is 0 Å². The van der Waals surface area contributed by atoms with E-state index in [-0.39, 0.29) is 11.5 Å². The van der Waals surface area contributed by atoms with Crippen molar-refractivity contribution in [2.75, 3.05) is 38.6 Å². The Kier molecular flexibility index (Phi) is 6.06. The van der Waals surface area contributed by atoms with Crippen LogP contribution in [0.1, 0.15) is 40.3 Å². The van der Waals surface area contributed by atoms with Crippen molar-refractivity contribution < 1.29 is 9.53 Å². The Morgan fingerprint density at radius 3 is 2.66 bits per heavy atom. The number of fused-ring (bicyclic) bond motifs is 1. The quantitative estimate of drug-likeness (QED) is 0.662. The van der Waals surface area contributed by atoms with Gasteiger partial charge in [-0.05, 0) is 44.3 Å². The molecular weight excluding hydrogens is 366 g/mol. The lowest BCUT2D eigenvalue weighted by atomic mass is 9.92. The number of hydrogen-bond acceptors (Lipinski definition) is 6. The number of nitrogens with one attached hydrogen (secondary N) is 3. The number of piperidine rings is 1. The molecule has 1 fully saturated rings. The molecule has 154 valence electrons. The van der Waals surface area contributed by atoms with Gasteiger partial charge in [0.05, 0.1) is 5.60 Å². The number of rotatable bonds is 7. The number of amides is 1. The number of aryl methyl sites for hydroxylation is 2. The van der Waals surface area contributed by atoms with Crippen LogP contribution < -0.4 is 16.0 Å². The van der Waals surface area contributed by atoms with Gasteiger partial charge in [-0.3, -0.25) is 4.79 Å². The zero-order valence-corrected chi connectivity index (χ0v) is 17.0. The molecule has 0 radical (unpaired) electrons. The third-order valence-corrected chi connectivity index (χ3v) is 5.93. The lowest BCUT2D eigenvalue weighted by molar-refractivity contribution is -0.0227. The van der Waals surface area contributed by atoms with E-state index in [9.17, 15) is 4.79 Å². The Bertz CT molecular complexity index is 850. The summed E-state index contributed by atoms with van der Waals surface area (Å²) < 4.78 is 5.88. The monoisotopic (exact) mass is 395 g/mol. The van der Waals surface area contributed by atoms with Gasteiger partial charge in [0.1, 0.15) is 17.3 Å². The predicted molar refractivity (Wildman–Crippen MR) is 112 cm³/mol. The van der Waals surface area contributed by atoms with Crippen LogP contribution in [0.3, 0.4) is 0 Å². The molecule has 1 saturated heterocycles. The third kappa shape index (κ3) is 4.57. The molecule has 1 aromatic carbocycles. The normalized spacial score (nSPS) is 18.0. The first-order valence-corrected chi connectivity index (χ1v) is 10.4. The van der Waals surface area contributed by atoms with E-state index in [1.165, 1.54) is 5.56 Å². The van der Waals surface area contributed by atoms with Crippen LogP contribution in [0.4, 0.5) is 5.82 Å². The van der Waals surface area contributed by atoms with Crippen molar-refractivity contribution in [3.8, 4) is 0 Å². The molecule has 0 bridgehead atoms. The molecular formula is C22H29N5O2. The number of anilines is 1. The second kappa shape index (κ2) is 8.88. The van der Waals surface area contributed by atoms with E-state index in [0.29, 0.717) is 31.0 Å². The Morgan fingerprint density at radius 2 is 1.90 bits per heavy atom. The highest BCUT2D eigenvalue weighted by molar-refractivity contribution is 5.96. The van der Waals surface area contributed by atoms with Gasteiger partial charge < -0.3 is 20.7 Å². The summed E-state index contributed by atoms with van der Waals surface area (Å²) in [5.41, 5.74) is 2.45. The van der Waals surface area contributed by atoms with Crippen LogP contribution in [-0.4, -0.2) is 54.8 Å². The lowest BCUT2D eigenvalue weighted by Crippen LogP contribution is -2.48. The molecule has 1 aromatic heterocycles. The fourth-order valence-electron chi connectivity index (χ4n) is 4.08. The summed E-state index contributed by atoms with van der Waals surface area (Å²) in [6, 6.07) is 10.3. The standard InChI is InChI=1S/C22H29N5O2/c1-29-22(10-13-23-14-11-22)15-25-20-17-9-12-24-21(28)19(17)26-18(27-20)8-7-16-5-3-2-4-6-16/h2-6,23H,7-15H2,1H3,(H,24,28)(H,25,26,27). The van der Waals surface area contributed by atoms with E-state index in [2.05, 4.69) is 33.1 Å². The van der Waals surface area contributed by atoms with Gasteiger partial charge in [0, 0.05) is 32.2 Å². The minimum atomic E-state index is -0.204. The summed E-state index contributed by atoms with van der Waals surface area (Å²) in [5.74, 6) is 1.37. The average Bonchev–Trinajstić information content (AvgIpc) is 2.78. The van der Waals surface area contributed by atoms with Gasteiger partial charge in [-0.15, -0.1) is 0 Å². The highest BCUT2D eigenvalue weighted by Crippen LogP contribution is 2.26. The minimum Gasteiger partial charge on any atom is -0.376 e. The van der Waals surface area contributed by atoms with Gasteiger partial charge in [-0.25, -0.2) is 9.97 Å². The van der Waals surface area contributed by atoms with Crippen molar-refractivity contribution in [1.82, 2.24) is 20.6 Å². The Balaban J connectivity index is 1.56. The molecule has 0 saturated carbocycles. The molecule has 0 atom stereocenters. The maximum absolute atomic E-state index is 12.4. The van der Waals surface area contributed by atoms with Crippen molar-refractivity contribution in [3.05, 3.63) is 53.0 Å². The SMILES string of the molecule is COC1(CNc2nc(CCc3ccccc3)nc3c2CCNC3=O)CCNCC1. The molecule has 29 heavy (non-hydrogen) atoms. The zero-order valence-electron chi connectivity index (χ0n) is 17.0. The minimum absolute atomic E-state index is 0.110. The summed E-state index contributed by atoms with van der Waals surface area (Å²) in [4.78, 5) is 21.8. The number of aromatic nitrogens is 2. The fourth-order valence-corrected chi connectivity index (χ4v) is 4.08. The van der Waals surface area contributed by atoms with Crippen molar-refractivity contribution in [2.45, 2.75) is 37.7 Å². The van der Waals surface area contributed by atoms with Crippen LogP contribution in [-0.2, 0) is 24.0 Å². The number of benzene rings is 1. The van der Waals surface area contributed by atoms with Gasteiger partial charge in [0.25, 0.3) is 5.91 Å². The van der Waals surface area contributed by atoms with E-state index in [0.717, 1.165) is 50.2 Å². The largest absolute Gasteiger partial charge is 0.376 e. The molecule has 0 aliphatic carbocycles. The highest BCUT2D eigenvalue weighted by Gasteiger charge is 2.32. The van der Waals surface area contributed by atoms with Crippen molar-refractivity contribution in [1.29, 1.82) is 0 Å². The summed E-state index contributed by atoms with van der Waals surface area (Å²) in [7, 11) is 1.78. The molecule has 2 aromatic rings. The van der Waals surface area contributed by atoms with Crippen LogP contribution in [0.2, 0.25) is 0 Å². The van der Waals surface area contributed by atoms with Gasteiger partial charge in [0.15, 0.2) is 0 Å². The van der Waals surface area contributed by atoms with Crippen LogP contribution >= 0.6 is 0 Å². The smallest absolute Gasteiger partial charge is 0.270 e. The van der Waals surface area contributed by atoms with Gasteiger partial charge in [0.2, 0.25) is 0 Å². The molecule has 0 unspecified atom stereocenters. The van der Waals surface area contributed by atoms with E-state index in [4.69, 9.17) is 9.72 Å². The summed E-state index contributed by atoms with van der Waals surface area (Å²) >= 11 is 0. The maximum atomic E-state index is 12.4. The van der Waals surface area contributed by atoms with Crippen LogP contribution in [0.25, 0.3) is 0 Å². The molecule has 3 N–H and O–H groups in total. The van der Waals surface area contributed by atoms with Gasteiger partial charge in [-0.1, -0.05) is 30.3 Å². The van der Waals surface area contributed by atoms with E-state index in [1.807, 2.05) is 18.2 Å². The number of nitrogens with zero attached hydrogens (tertiary/aromatic N) is 2. The Labute approximate surface area is 171 Å². The number of ether oxygens (including phenoxy) is 1. The molecule has 1 amide bonds.